The first kappa shape index (κ1) is 5.31. The third-order valence-corrected chi connectivity index (χ3v) is 1.41. The zero-order valence-corrected chi connectivity index (χ0v) is 5.99. The van der Waals surface area contributed by atoms with E-state index in [4.69, 9.17) is 0 Å². The van der Waals surface area contributed by atoms with E-state index in [1.807, 2.05) is 11.0 Å². The number of carbonyl (C=O) groups excluding carboxylic acids is 1. The standard InChI is InChI=1S/CHO.2CH3.Ga/c1-2;;;/h1H;2*1H3;. The summed E-state index contributed by atoms with van der Waals surface area (Å²) in [5.41, 5.74) is 4.08. The molecule has 0 aromatic heterocycles. The van der Waals surface area contributed by atoms with Crippen molar-refractivity contribution in [3.8, 4) is 0 Å². The Morgan fingerprint density at radius 2 is 1.80 bits per heavy atom. The van der Waals surface area contributed by atoms with Crippen LogP contribution in [0.15, 0.2) is 0 Å². The molecule has 0 aliphatic heterocycles. The summed E-state index contributed by atoms with van der Waals surface area (Å²) in [5.74, 6) is 0. The van der Waals surface area contributed by atoms with E-state index in [1.54, 1.807) is 0 Å². The molecule has 0 N–H and O–H groups in total. The monoisotopic (exact) mass is 128 g/mol. The van der Waals surface area contributed by atoms with Crippen LogP contribution in [0, 0.1) is 0 Å². The third-order valence-electron chi connectivity index (χ3n) is 0.272. The van der Waals surface area contributed by atoms with E-state index in [1.165, 1.54) is 0 Å². The van der Waals surface area contributed by atoms with Crippen LogP contribution in [0.2, 0.25) is 11.0 Å². The second kappa shape index (κ2) is 2.54. The van der Waals surface area contributed by atoms with Crippen molar-refractivity contribution in [2.75, 3.05) is 0 Å². The van der Waals surface area contributed by atoms with Crippen molar-refractivity contribution in [2.24, 2.45) is 0 Å². The van der Waals surface area contributed by atoms with E-state index in [9.17, 15) is 4.79 Å². The van der Waals surface area contributed by atoms with Crippen molar-refractivity contribution in [3.63, 3.8) is 0 Å². The zero-order valence-electron chi connectivity index (χ0n) is 3.56. The Morgan fingerprint density at radius 3 is 1.80 bits per heavy atom. The van der Waals surface area contributed by atoms with Crippen molar-refractivity contribution < 1.29 is 4.79 Å². The van der Waals surface area contributed by atoms with Gasteiger partial charge in [0.15, 0.2) is 0 Å². The molecule has 0 aromatic carbocycles. The number of hydrogen-bond donors (Lipinski definition) is 0. The Balaban J connectivity index is 2.83. The predicted octanol–water partition coefficient (Wildman–Crippen LogP) is 0.513. The van der Waals surface area contributed by atoms with Crippen LogP contribution >= 0.6 is 0 Å². The zero-order chi connectivity index (χ0) is 4.28. The molecule has 0 bridgehead atoms. The first-order chi connectivity index (χ1) is 2.27. The third kappa shape index (κ3) is 4.31. The van der Waals surface area contributed by atoms with Crippen LogP contribution in [0.4, 0.5) is 0 Å². The van der Waals surface area contributed by atoms with Gasteiger partial charge in [0, 0.05) is 0 Å². The number of rotatable bonds is 1. The van der Waals surface area contributed by atoms with E-state index in [0.717, 1.165) is 4.84 Å². The molecule has 0 radical (unpaired) electrons. The molecule has 0 amide bonds. The average molecular weight is 129 g/mol. The Hall–Kier alpha value is 0.306. The summed E-state index contributed by atoms with van der Waals surface area (Å²) in [7, 11) is 0. The van der Waals surface area contributed by atoms with Crippen LogP contribution in [0.1, 0.15) is 0 Å². The van der Waals surface area contributed by atoms with Crippen molar-refractivity contribution in [3.05, 3.63) is 0 Å². The van der Waals surface area contributed by atoms with Crippen LogP contribution < -0.4 is 0 Å². The summed E-state index contributed by atoms with van der Waals surface area (Å²) < 4.78 is 0. The normalized spacial score (nSPS) is 6.80. The molecule has 5 heavy (non-hydrogen) atoms. The molecule has 0 unspecified atom stereocenters. The van der Waals surface area contributed by atoms with Gasteiger partial charge in [-0.2, -0.15) is 0 Å². The van der Waals surface area contributed by atoms with E-state index in [0.29, 0.717) is 0 Å². The van der Waals surface area contributed by atoms with Gasteiger partial charge >= 0.3 is 36.8 Å². The quantitative estimate of drug-likeness (QED) is 0.372. The molecule has 0 atom stereocenters. The predicted molar refractivity (Wildman–Crippen MR) is 24.2 cm³/mol. The molecule has 0 rings (SSSR count). The summed E-state index contributed by atoms with van der Waals surface area (Å²) in [6.07, 6.45) is 0. The van der Waals surface area contributed by atoms with Crippen molar-refractivity contribution >= 4 is 21.1 Å². The van der Waals surface area contributed by atoms with Crippen molar-refractivity contribution in [2.45, 2.75) is 11.0 Å². The summed E-state index contributed by atoms with van der Waals surface area (Å²) >= 11 is -1.19. The van der Waals surface area contributed by atoms with Gasteiger partial charge in [-0.25, -0.2) is 0 Å². The Bertz CT molecular complexity index is 33.9. The van der Waals surface area contributed by atoms with Gasteiger partial charge < -0.3 is 0 Å². The molecule has 0 heterocycles. The van der Waals surface area contributed by atoms with Gasteiger partial charge in [-0.3, -0.25) is 0 Å². The molecule has 0 fully saturated rings. The van der Waals surface area contributed by atoms with Crippen LogP contribution in [0.5, 0.6) is 0 Å². The molecule has 2 heteroatoms. The van der Waals surface area contributed by atoms with Crippen LogP contribution in [0.3, 0.4) is 0 Å². The molecule has 0 aromatic rings. The Kier molecular flexibility index (Phi) is 2.69. The van der Waals surface area contributed by atoms with Gasteiger partial charge in [0.05, 0.1) is 0 Å². The Morgan fingerprint density at radius 1 is 1.60 bits per heavy atom. The van der Waals surface area contributed by atoms with Gasteiger partial charge in [-0.15, -0.1) is 0 Å². The van der Waals surface area contributed by atoms with Crippen molar-refractivity contribution in [1.82, 2.24) is 0 Å². The maximum absolute atomic E-state index is 9.59. The molecular weight excluding hydrogens is 122 g/mol. The van der Waals surface area contributed by atoms with Crippen LogP contribution in [-0.4, -0.2) is 21.1 Å². The SMILES string of the molecule is [CH3][Ga]([CH3])[CH]=O. The molecule has 0 aliphatic rings. The summed E-state index contributed by atoms with van der Waals surface area (Å²) in [4.78, 5) is 10.7. The van der Waals surface area contributed by atoms with E-state index in [2.05, 4.69) is 0 Å². The van der Waals surface area contributed by atoms with Gasteiger partial charge in [0.1, 0.15) is 0 Å². The first-order valence-electron chi connectivity index (χ1n) is 1.72. The summed E-state index contributed by atoms with van der Waals surface area (Å²) in [6.45, 7) is 0. The van der Waals surface area contributed by atoms with Crippen LogP contribution in [-0.2, 0) is 4.79 Å². The number of hydrogen-bond acceptors (Lipinski definition) is 1. The fourth-order valence-electron chi connectivity index (χ4n) is 0. The number of carbonyl (C=O) groups is 1. The topological polar surface area (TPSA) is 17.1 Å². The van der Waals surface area contributed by atoms with E-state index >= 15 is 0 Å². The summed E-state index contributed by atoms with van der Waals surface area (Å²) in [5, 5.41) is 0. The second-order valence-electron chi connectivity index (χ2n) is 1.38. The van der Waals surface area contributed by atoms with E-state index < -0.39 is 16.2 Å². The minimum atomic E-state index is -1.19. The van der Waals surface area contributed by atoms with E-state index in [-0.39, 0.29) is 0 Å². The molecule has 0 aliphatic carbocycles. The summed E-state index contributed by atoms with van der Waals surface area (Å²) in [6, 6.07) is 0. The molecule has 1 nitrogen and oxygen atoms in total. The first-order valence-corrected chi connectivity index (χ1v) is 7.97. The van der Waals surface area contributed by atoms with Crippen LogP contribution in [0.25, 0.3) is 0 Å². The Labute approximate surface area is 37.4 Å². The fourth-order valence-corrected chi connectivity index (χ4v) is 0. The second-order valence-corrected chi connectivity index (χ2v) is 7.17. The minimum absolute atomic E-state index is 1.10. The van der Waals surface area contributed by atoms with Gasteiger partial charge in [-0.05, 0) is 0 Å². The molecular formula is C3H7GaO. The van der Waals surface area contributed by atoms with Gasteiger partial charge in [0.25, 0.3) is 0 Å². The maximum atomic E-state index is 9.59. The molecule has 0 saturated carbocycles. The van der Waals surface area contributed by atoms with Crippen molar-refractivity contribution in [1.29, 1.82) is 0 Å². The fraction of sp³-hybridized carbons (Fsp3) is 0.667. The van der Waals surface area contributed by atoms with Gasteiger partial charge in [0.2, 0.25) is 0 Å². The molecule has 0 spiro atoms. The average Bonchev–Trinajstić information content (AvgIpc) is 1.38. The molecule has 28 valence electrons. The van der Waals surface area contributed by atoms with Gasteiger partial charge in [-0.1, -0.05) is 0 Å². The molecule has 0 saturated heterocycles.